The molecule has 1 aromatic heterocycles. The van der Waals surface area contributed by atoms with Gasteiger partial charge in [-0.05, 0) is 29.3 Å². The van der Waals surface area contributed by atoms with Crippen LogP contribution in [0.2, 0.25) is 0 Å². The van der Waals surface area contributed by atoms with Gasteiger partial charge in [0.2, 0.25) is 11.9 Å². The van der Waals surface area contributed by atoms with E-state index in [-0.39, 0.29) is 49.4 Å². The molecule has 0 saturated heterocycles. The van der Waals surface area contributed by atoms with E-state index in [1.54, 1.807) is 19.2 Å². The van der Waals surface area contributed by atoms with Crippen LogP contribution in [0.25, 0.3) is 0 Å². The summed E-state index contributed by atoms with van der Waals surface area (Å²) < 4.78 is 1.39. The largest absolute Gasteiger partial charge is 0.391 e. The second-order valence-corrected chi connectivity index (χ2v) is 5.85. The molecule has 9 nitrogen and oxygen atoms in total. The average molecular weight is 409 g/mol. The van der Waals surface area contributed by atoms with Crippen LogP contribution in [0.3, 0.4) is 0 Å². The van der Waals surface area contributed by atoms with Crippen molar-refractivity contribution >= 4 is 24.3 Å². The molecule has 0 radical (unpaired) electrons. The topological polar surface area (TPSA) is 137 Å². The third-order valence-corrected chi connectivity index (χ3v) is 3.75. The van der Waals surface area contributed by atoms with E-state index in [0.717, 1.165) is 11.1 Å². The number of guanidine groups is 1. The fraction of sp³-hybridized carbons (Fsp3) is 0.278. The Morgan fingerprint density at radius 1 is 1.21 bits per heavy atom. The minimum atomic E-state index is -0.288. The van der Waals surface area contributed by atoms with Gasteiger partial charge in [0.05, 0.1) is 19.5 Å². The lowest BCUT2D eigenvalue weighted by atomic mass is 10.1. The molecule has 2 rings (SSSR count). The molecule has 0 fully saturated rings. The van der Waals surface area contributed by atoms with Crippen LogP contribution < -0.4 is 27.8 Å². The monoisotopic (exact) mass is 408 g/mol. The number of oxime groups is 1. The van der Waals surface area contributed by atoms with Crippen molar-refractivity contribution < 1.29 is 9.63 Å². The minimum Gasteiger partial charge on any atom is -0.391 e. The van der Waals surface area contributed by atoms with E-state index >= 15 is 0 Å². The number of nitrogens with one attached hydrogen (secondary N) is 2. The molecule has 0 atom stereocenters. The molecule has 0 unspecified atom stereocenters. The van der Waals surface area contributed by atoms with Crippen LogP contribution in [-0.4, -0.2) is 29.7 Å². The highest BCUT2D eigenvalue weighted by Gasteiger charge is 2.12. The molecule has 152 valence electrons. The summed E-state index contributed by atoms with van der Waals surface area (Å²) in [5.74, 6) is -0.478. The van der Waals surface area contributed by atoms with Gasteiger partial charge in [-0.15, -0.1) is 12.4 Å². The lowest BCUT2D eigenvalue weighted by Crippen LogP contribution is -2.35. The third kappa shape index (κ3) is 7.20. The molecule has 1 aromatic carbocycles. The van der Waals surface area contributed by atoms with Crippen molar-refractivity contribution in [3.8, 4) is 0 Å². The van der Waals surface area contributed by atoms with E-state index in [0.29, 0.717) is 12.1 Å². The van der Waals surface area contributed by atoms with Crippen molar-refractivity contribution in [1.82, 2.24) is 9.99 Å². The summed E-state index contributed by atoms with van der Waals surface area (Å²) in [4.78, 5) is 29.5. The summed E-state index contributed by atoms with van der Waals surface area (Å²) in [5, 5.41) is 6.00. The van der Waals surface area contributed by atoms with Crippen LogP contribution in [0, 0.1) is 6.92 Å². The first-order valence-corrected chi connectivity index (χ1v) is 8.44. The number of benzene rings is 1. The zero-order valence-electron chi connectivity index (χ0n) is 15.6. The Bertz CT molecular complexity index is 850. The highest BCUT2D eigenvalue weighted by molar-refractivity contribution is 5.85. The van der Waals surface area contributed by atoms with Gasteiger partial charge < -0.3 is 27.0 Å². The van der Waals surface area contributed by atoms with Crippen molar-refractivity contribution in [2.24, 2.45) is 16.6 Å². The molecule has 0 spiro atoms. The molecule has 28 heavy (non-hydrogen) atoms. The minimum absolute atomic E-state index is 0. The fourth-order valence-electron chi connectivity index (χ4n) is 2.36. The van der Waals surface area contributed by atoms with Gasteiger partial charge in [-0.2, -0.15) is 0 Å². The summed E-state index contributed by atoms with van der Waals surface area (Å²) in [5.41, 5.74) is 15.3. The molecule has 1 heterocycles. The molecule has 6 N–H and O–H groups in total. The van der Waals surface area contributed by atoms with Gasteiger partial charge >= 0.3 is 0 Å². The van der Waals surface area contributed by atoms with Gasteiger partial charge in [0.25, 0.3) is 5.56 Å². The first kappa shape index (κ1) is 22.8. The molecule has 0 aliphatic carbocycles. The smallest absolute Gasteiger partial charge is 0.272 e. The molecule has 0 bridgehead atoms. The Morgan fingerprint density at radius 3 is 2.61 bits per heavy atom. The maximum Gasteiger partial charge on any atom is 0.272 e. The van der Waals surface area contributed by atoms with Gasteiger partial charge in [0.15, 0.2) is 0 Å². The summed E-state index contributed by atoms with van der Waals surface area (Å²) in [6, 6.07) is 11.5. The highest BCUT2D eigenvalue weighted by Crippen LogP contribution is 2.03. The number of amides is 1. The second-order valence-electron chi connectivity index (χ2n) is 5.85. The lowest BCUT2D eigenvalue weighted by molar-refractivity contribution is -0.120. The van der Waals surface area contributed by atoms with Gasteiger partial charge in [-0.3, -0.25) is 9.59 Å². The molecule has 10 heteroatoms. The summed E-state index contributed by atoms with van der Waals surface area (Å²) in [6.07, 6.45) is 1.63. The average Bonchev–Trinajstić information content (AvgIpc) is 2.65. The van der Waals surface area contributed by atoms with E-state index in [1.807, 2.05) is 30.3 Å². The maximum atomic E-state index is 12.6. The number of carbonyl (C=O) groups excluding carboxylic acids is 1. The Labute approximate surface area is 169 Å². The number of hydrogen-bond acceptors (Lipinski definition) is 5. The van der Waals surface area contributed by atoms with Gasteiger partial charge in [0.1, 0.15) is 6.61 Å². The molecule has 0 aliphatic rings. The second kappa shape index (κ2) is 11.5. The summed E-state index contributed by atoms with van der Waals surface area (Å²) >= 11 is 0. The number of carbonyl (C=O) groups is 1. The van der Waals surface area contributed by atoms with Crippen molar-refractivity contribution in [2.45, 2.75) is 19.9 Å². The number of hydrogen-bond donors (Lipinski definition) is 4. The maximum absolute atomic E-state index is 12.6. The summed E-state index contributed by atoms with van der Waals surface area (Å²) in [6.45, 7) is 2.65. The number of halogens is 1. The first-order chi connectivity index (χ1) is 13.0. The predicted molar refractivity (Wildman–Crippen MR) is 111 cm³/mol. The van der Waals surface area contributed by atoms with E-state index in [4.69, 9.17) is 16.3 Å². The van der Waals surface area contributed by atoms with Gasteiger partial charge in [-0.25, -0.2) is 4.68 Å². The lowest BCUT2D eigenvalue weighted by Gasteiger charge is -2.13. The number of nitrogens with two attached hydrogens (primary N) is 2. The van der Waals surface area contributed by atoms with Crippen molar-refractivity contribution in [1.29, 1.82) is 0 Å². The first-order valence-electron chi connectivity index (χ1n) is 8.44. The number of aromatic nitrogens is 1. The van der Waals surface area contributed by atoms with E-state index in [9.17, 15) is 9.59 Å². The number of aryl methyl sites for hydroxylation is 1. The SMILES string of the molecule is Cc1ccn(NCc2ccccc2)c(=O)c1CC(=O)NCCON=C(N)N.Cl. The Kier molecular flexibility index (Phi) is 9.38. The standard InChI is InChI=1S/C18H24N6O3.ClH/c1-13-7-9-24(22-12-14-5-3-2-4-6-14)17(26)15(13)11-16(25)21-8-10-27-23-18(19)20;/h2-7,9,22H,8,10-12H2,1H3,(H,21,25)(H4,19,20,23);1H. The zero-order chi connectivity index (χ0) is 19.6. The quantitative estimate of drug-likeness (QED) is 0.202. The van der Waals surface area contributed by atoms with E-state index in [1.165, 1.54) is 4.68 Å². The molecule has 0 aliphatic heterocycles. The molecular formula is C18H25ClN6O3. The predicted octanol–water partition coefficient (Wildman–Crippen LogP) is 0.186. The molecule has 1 amide bonds. The summed E-state index contributed by atoms with van der Waals surface area (Å²) in [7, 11) is 0. The number of pyridine rings is 1. The Hall–Kier alpha value is -3.20. The van der Waals surface area contributed by atoms with Gasteiger partial charge in [0, 0.05) is 11.8 Å². The van der Waals surface area contributed by atoms with Crippen LogP contribution in [-0.2, 0) is 22.6 Å². The van der Waals surface area contributed by atoms with E-state index < -0.39 is 0 Å². The third-order valence-electron chi connectivity index (χ3n) is 3.75. The highest BCUT2D eigenvalue weighted by atomic mass is 35.5. The number of nitrogens with zero attached hydrogens (tertiary/aromatic N) is 2. The van der Waals surface area contributed by atoms with Crippen molar-refractivity contribution in [2.75, 3.05) is 18.6 Å². The van der Waals surface area contributed by atoms with Crippen LogP contribution >= 0.6 is 12.4 Å². The van der Waals surface area contributed by atoms with Crippen LogP contribution in [0.4, 0.5) is 0 Å². The molecule has 0 saturated carbocycles. The van der Waals surface area contributed by atoms with Crippen LogP contribution in [0.15, 0.2) is 52.5 Å². The van der Waals surface area contributed by atoms with Crippen LogP contribution in [0.1, 0.15) is 16.7 Å². The Balaban J connectivity index is 0.00000392. The molecule has 2 aromatic rings. The van der Waals surface area contributed by atoms with Crippen molar-refractivity contribution in [3.05, 3.63) is 69.6 Å². The van der Waals surface area contributed by atoms with E-state index in [2.05, 4.69) is 15.9 Å². The van der Waals surface area contributed by atoms with Gasteiger partial charge in [-0.1, -0.05) is 30.3 Å². The Morgan fingerprint density at radius 2 is 1.93 bits per heavy atom. The zero-order valence-corrected chi connectivity index (χ0v) is 16.4. The van der Waals surface area contributed by atoms with Crippen LogP contribution in [0.5, 0.6) is 0 Å². The normalized spacial score (nSPS) is 9.75. The number of rotatable bonds is 9. The van der Waals surface area contributed by atoms with Crippen molar-refractivity contribution in [3.63, 3.8) is 0 Å². The molecular weight excluding hydrogens is 384 g/mol. The fourth-order valence-corrected chi connectivity index (χ4v) is 2.36.